The first-order valence-corrected chi connectivity index (χ1v) is 18.1. The van der Waals surface area contributed by atoms with Crippen molar-refractivity contribution in [2.24, 2.45) is 0 Å². The van der Waals surface area contributed by atoms with Gasteiger partial charge < -0.3 is 9.32 Å². The Morgan fingerprint density at radius 3 is 1.96 bits per heavy atom. The van der Waals surface area contributed by atoms with Gasteiger partial charge in [-0.2, -0.15) is 0 Å². The number of fused-ring (bicyclic) bond motifs is 6. The van der Waals surface area contributed by atoms with E-state index in [-0.39, 0.29) is 0 Å². The monoisotopic (exact) mass is 665 g/mol. The second-order valence-corrected chi connectivity index (χ2v) is 13.6. The molecule has 0 N–H and O–H groups in total. The van der Waals surface area contributed by atoms with Crippen LogP contribution in [-0.2, 0) is 6.42 Å². The van der Waals surface area contributed by atoms with Crippen LogP contribution >= 0.6 is 0 Å². The van der Waals surface area contributed by atoms with Crippen molar-refractivity contribution in [2.75, 3.05) is 4.90 Å². The molecule has 0 atom stereocenters. The number of benzene rings is 8. The highest BCUT2D eigenvalue weighted by Gasteiger charge is 2.20. The van der Waals surface area contributed by atoms with Crippen molar-refractivity contribution >= 4 is 55.8 Å². The van der Waals surface area contributed by atoms with Gasteiger partial charge >= 0.3 is 0 Å². The number of anilines is 3. The molecule has 0 radical (unpaired) electrons. The molecule has 52 heavy (non-hydrogen) atoms. The third-order valence-corrected chi connectivity index (χ3v) is 10.6. The summed E-state index contributed by atoms with van der Waals surface area (Å²) in [7, 11) is 0. The van der Waals surface area contributed by atoms with E-state index in [1.807, 2.05) is 12.1 Å². The Bertz CT molecular complexity index is 2770. The molecule has 1 heterocycles. The smallest absolute Gasteiger partial charge is 0.136 e. The second kappa shape index (κ2) is 12.6. The Morgan fingerprint density at radius 1 is 0.462 bits per heavy atom. The van der Waals surface area contributed by atoms with Crippen LogP contribution in [0.25, 0.3) is 72.2 Å². The Hall–Kier alpha value is -6.64. The predicted molar refractivity (Wildman–Crippen MR) is 220 cm³/mol. The van der Waals surface area contributed by atoms with Gasteiger partial charge in [-0.05, 0) is 111 Å². The number of hydrogen-bond donors (Lipinski definition) is 0. The SMILES string of the molecule is C1=Cc2cccc(-c3ccccc3N(c3ccc(-c4ccccc4)cc3)c3ccc(-c4ccc5c(ccc6oc7ccccc7c65)c4)cc3)c2CC1. The van der Waals surface area contributed by atoms with Gasteiger partial charge in [-0.3, -0.25) is 0 Å². The average molecular weight is 666 g/mol. The summed E-state index contributed by atoms with van der Waals surface area (Å²) in [5, 5.41) is 4.75. The van der Waals surface area contributed by atoms with Crippen LogP contribution in [0.5, 0.6) is 0 Å². The summed E-state index contributed by atoms with van der Waals surface area (Å²) in [5.74, 6) is 0. The van der Waals surface area contributed by atoms with Crippen molar-refractivity contribution in [3.8, 4) is 33.4 Å². The van der Waals surface area contributed by atoms with Gasteiger partial charge in [0.25, 0.3) is 0 Å². The first kappa shape index (κ1) is 30.2. The van der Waals surface area contributed by atoms with E-state index < -0.39 is 0 Å². The molecule has 0 saturated heterocycles. The van der Waals surface area contributed by atoms with Crippen molar-refractivity contribution in [2.45, 2.75) is 12.8 Å². The molecule has 9 aromatic rings. The van der Waals surface area contributed by atoms with Gasteiger partial charge in [0.05, 0.1) is 5.69 Å². The molecule has 0 unspecified atom stereocenters. The lowest BCUT2D eigenvalue weighted by atomic mass is 9.88. The molecule has 2 heteroatoms. The van der Waals surface area contributed by atoms with E-state index in [2.05, 4.69) is 181 Å². The van der Waals surface area contributed by atoms with Crippen molar-refractivity contribution in [1.29, 1.82) is 0 Å². The molecule has 0 saturated carbocycles. The van der Waals surface area contributed by atoms with E-state index in [1.165, 1.54) is 60.7 Å². The minimum Gasteiger partial charge on any atom is -0.456 e. The molecular formula is C50H35NO. The average Bonchev–Trinajstić information content (AvgIpc) is 3.61. The molecule has 0 aliphatic heterocycles. The van der Waals surface area contributed by atoms with Crippen molar-refractivity contribution in [3.63, 3.8) is 0 Å². The number of para-hydroxylation sites is 2. The molecular weight excluding hydrogens is 631 g/mol. The fourth-order valence-corrected chi connectivity index (χ4v) is 8.02. The number of hydrogen-bond acceptors (Lipinski definition) is 2. The summed E-state index contributed by atoms with van der Waals surface area (Å²) in [4.78, 5) is 2.41. The highest BCUT2D eigenvalue weighted by atomic mass is 16.3. The lowest BCUT2D eigenvalue weighted by Crippen LogP contribution is -2.11. The van der Waals surface area contributed by atoms with Gasteiger partial charge in [0.1, 0.15) is 11.2 Å². The van der Waals surface area contributed by atoms with Crippen LogP contribution in [0.4, 0.5) is 17.1 Å². The van der Waals surface area contributed by atoms with E-state index in [0.717, 1.165) is 46.5 Å². The first-order valence-electron chi connectivity index (χ1n) is 18.1. The summed E-state index contributed by atoms with van der Waals surface area (Å²) in [6.45, 7) is 0. The summed E-state index contributed by atoms with van der Waals surface area (Å²) in [5.41, 5.74) is 15.3. The van der Waals surface area contributed by atoms with Crippen molar-refractivity contribution < 1.29 is 4.42 Å². The number of nitrogens with zero attached hydrogens (tertiary/aromatic N) is 1. The zero-order valence-electron chi connectivity index (χ0n) is 28.7. The number of rotatable bonds is 6. The molecule has 0 bridgehead atoms. The van der Waals surface area contributed by atoms with E-state index >= 15 is 0 Å². The molecule has 1 aromatic heterocycles. The predicted octanol–water partition coefficient (Wildman–Crippen LogP) is 14.2. The number of allylic oxidation sites excluding steroid dienone is 1. The zero-order valence-corrected chi connectivity index (χ0v) is 28.7. The third-order valence-electron chi connectivity index (χ3n) is 10.6. The molecule has 8 aromatic carbocycles. The maximum absolute atomic E-state index is 6.17. The van der Waals surface area contributed by atoms with Gasteiger partial charge in [0.15, 0.2) is 0 Å². The largest absolute Gasteiger partial charge is 0.456 e. The van der Waals surface area contributed by atoms with Gasteiger partial charge in [-0.25, -0.2) is 0 Å². The summed E-state index contributed by atoms with van der Waals surface area (Å²) >= 11 is 0. The zero-order chi connectivity index (χ0) is 34.4. The normalized spacial score (nSPS) is 12.4. The van der Waals surface area contributed by atoms with E-state index in [9.17, 15) is 0 Å². The Labute approximate surface area is 303 Å². The summed E-state index contributed by atoms with van der Waals surface area (Å²) < 4.78 is 6.17. The van der Waals surface area contributed by atoms with Gasteiger partial charge in [0.2, 0.25) is 0 Å². The quantitative estimate of drug-likeness (QED) is 0.176. The van der Waals surface area contributed by atoms with E-state index in [4.69, 9.17) is 4.42 Å². The number of furan rings is 1. The summed E-state index contributed by atoms with van der Waals surface area (Å²) in [6.07, 6.45) is 6.67. The van der Waals surface area contributed by atoms with Crippen molar-refractivity contribution in [3.05, 3.63) is 193 Å². The van der Waals surface area contributed by atoms with E-state index in [1.54, 1.807) is 0 Å². The molecule has 1 aliphatic rings. The molecule has 0 fully saturated rings. The first-order chi connectivity index (χ1) is 25.8. The van der Waals surface area contributed by atoms with Gasteiger partial charge in [-0.15, -0.1) is 0 Å². The van der Waals surface area contributed by atoms with Gasteiger partial charge in [0, 0.05) is 27.7 Å². The summed E-state index contributed by atoms with van der Waals surface area (Å²) in [6, 6.07) is 63.5. The Kier molecular flexibility index (Phi) is 7.32. The third kappa shape index (κ3) is 5.20. The maximum atomic E-state index is 6.17. The van der Waals surface area contributed by atoms with Crippen LogP contribution in [0.2, 0.25) is 0 Å². The van der Waals surface area contributed by atoms with Crippen LogP contribution in [0.3, 0.4) is 0 Å². The molecule has 1 aliphatic carbocycles. The molecule has 0 spiro atoms. The minimum absolute atomic E-state index is 0.925. The van der Waals surface area contributed by atoms with Gasteiger partial charge in [-0.1, -0.05) is 140 Å². The highest BCUT2D eigenvalue weighted by Crippen LogP contribution is 2.44. The van der Waals surface area contributed by atoms with Crippen molar-refractivity contribution in [1.82, 2.24) is 0 Å². The minimum atomic E-state index is 0.925. The molecule has 0 amide bonds. The molecule has 2 nitrogen and oxygen atoms in total. The Balaban J connectivity index is 1.08. The standard InChI is InChI=1S/C50H35NO/c1-2-11-34(12-3-1)35-21-27-40(28-22-35)51(47-19-8-6-16-45(47)44-18-10-14-37-13-4-5-15-42(37)44)41-29-23-36(24-30-41)38-25-31-43-39(33-38)26-32-49-50(43)46-17-7-9-20-48(46)52-49/h1-4,6-14,16-33H,5,15H2. The Morgan fingerprint density at radius 2 is 1.13 bits per heavy atom. The van der Waals surface area contributed by atoms with Crippen LogP contribution < -0.4 is 4.90 Å². The van der Waals surface area contributed by atoms with Crippen LogP contribution in [-0.4, -0.2) is 0 Å². The fraction of sp³-hybridized carbons (Fsp3) is 0.0400. The fourth-order valence-electron chi connectivity index (χ4n) is 8.02. The van der Waals surface area contributed by atoms with Crippen LogP contribution in [0.1, 0.15) is 17.5 Å². The topological polar surface area (TPSA) is 16.4 Å². The second-order valence-electron chi connectivity index (χ2n) is 13.6. The van der Waals surface area contributed by atoms with Crippen LogP contribution in [0.15, 0.2) is 186 Å². The van der Waals surface area contributed by atoms with Crippen LogP contribution in [0, 0.1) is 0 Å². The van der Waals surface area contributed by atoms with E-state index in [0.29, 0.717) is 0 Å². The highest BCUT2D eigenvalue weighted by molar-refractivity contribution is 6.19. The lowest BCUT2D eigenvalue weighted by molar-refractivity contribution is 0.669. The molecule has 10 rings (SSSR count). The molecule has 246 valence electrons. The maximum Gasteiger partial charge on any atom is 0.136 e. The lowest BCUT2D eigenvalue weighted by Gasteiger charge is -2.29.